The van der Waals surface area contributed by atoms with Crippen molar-refractivity contribution in [1.29, 1.82) is 0 Å². The second-order valence-corrected chi connectivity index (χ2v) is 7.67. The van der Waals surface area contributed by atoms with Crippen molar-refractivity contribution in [3.63, 3.8) is 0 Å². The lowest BCUT2D eigenvalue weighted by Gasteiger charge is -2.39. The highest BCUT2D eigenvalue weighted by Crippen LogP contribution is 2.31. The van der Waals surface area contributed by atoms with Crippen LogP contribution < -0.4 is 14.4 Å². The third kappa shape index (κ3) is 4.26. The predicted octanol–water partition coefficient (Wildman–Crippen LogP) is 5.48. The Morgan fingerprint density at radius 2 is 1.39 bits per heavy atom. The molecular weight excluding hydrogens is 388 g/mol. The Kier molecular flexibility index (Phi) is 5.31. The van der Waals surface area contributed by atoms with Gasteiger partial charge in [0.1, 0.15) is 23.4 Å². The largest absolute Gasteiger partial charge is 0.486 e. The van der Waals surface area contributed by atoms with Crippen LogP contribution >= 0.6 is 0 Å². The zero-order valence-corrected chi connectivity index (χ0v) is 17.1. The molecule has 0 N–H and O–H groups in total. The Hall–Kier alpha value is -3.73. The maximum absolute atomic E-state index is 12.6. The van der Waals surface area contributed by atoms with Gasteiger partial charge in [0.05, 0.1) is 12.1 Å². The second-order valence-electron chi connectivity index (χ2n) is 7.67. The van der Waals surface area contributed by atoms with E-state index in [0.717, 1.165) is 24.5 Å². The van der Waals surface area contributed by atoms with E-state index in [0.29, 0.717) is 23.3 Å². The molecule has 2 atom stereocenters. The summed E-state index contributed by atoms with van der Waals surface area (Å²) in [5.41, 5.74) is 0.716. The zero-order valence-electron chi connectivity index (χ0n) is 17.1. The smallest absolute Gasteiger partial charge is 0.191 e. The van der Waals surface area contributed by atoms with Gasteiger partial charge in [0.2, 0.25) is 0 Å². The number of hydrogen-bond donors (Lipinski definition) is 0. The van der Waals surface area contributed by atoms with Gasteiger partial charge in [-0.2, -0.15) is 0 Å². The van der Waals surface area contributed by atoms with Crippen LogP contribution in [0, 0.1) is 0 Å². The molecule has 0 spiro atoms. The van der Waals surface area contributed by atoms with Crippen molar-refractivity contribution in [2.24, 2.45) is 0 Å². The Morgan fingerprint density at radius 1 is 0.774 bits per heavy atom. The minimum absolute atomic E-state index is 0.0104. The van der Waals surface area contributed by atoms with Crippen LogP contribution in [0.4, 0.5) is 5.82 Å². The van der Waals surface area contributed by atoms with Gasteiger partial charge in [0.15, 0.2) is 11.9 Å². The summed E-state index contributed by atoms with van der Waals surface area (Å²) in [6, 6.07) is 28.7. The summed E-state index contributed by atoms with van der Waals surface area (Å²) in [7, 11) is 0. The molecule has 0 bridgehead atoms. The van der Waals surface area contributed by atoms with Crippen LogP contribution in [-0.4, -0.2) is 30.3 Å². The monoisotopic (exact) mass is 411 g/mol. The number of ether oxygens (including phenoxy) is 2. The van der Waals surface area contributed by atoms with Gasteiger partial charge < -0.3 is 14.4 Å². The van der Waals surface area contributed by atoms with Crippen molar-refractivity contribution in [3.8, 4) is 17.2 Å². The van der Waals surface area contributed by atoms with E-state index >= 15 is 0 Å². The van der Waals surface area contributed by atoms with Gasteiger partial charge in [-0.25, -0.2) is 4.98 Å². The molecule has 1 aliphatic heterocycles. The zero-order chi connectivity index (χ0) is 21.0. The van der Waals surface area contributed by atoms with Crippen molar-refractivity contribution in [3.05, 3.63) is 91.0 Å². The fourth-order valence-corrected chi connectivity index (χ4v) is 3.99. The molecule has 4 aromatic rings. The first-order valence-corrected chi connectivity index (χ1v) is 10.5. The van der Waals surface area contributed by atoms with Gasteiger partial charge in [-0.05, 0) is 36.4 Å². The number of aromatic nitrogens is 1. The number of hydrogen-bond acceptors (Lipinski definition) is 4. The first-order chi connectivity index (χ1) is 15.3. The van der Waals surface area contributed by atoms with E-state index in [1.54, 1.807) is 6.07 Å². The van der Waals surface area contributed by atoms with E-state index in [1.165, 1.54) is 0 Å². The van der Waals surface area contributed by atoms with Crippen molar-refractivity contribution >= 4 is 16.7 Å². The van der Waals surface area contributed by atoms with Crippen LogP contribution in [0.25, 0.3) is 10.9 Å². The van der Waals surface area contributed by atoms with Crippen molar-refractivity contribution < 1.29 is 14.6 Å². The van der Waals surface area contributed by atoms with Gasteiger partial charge in [-0.1, -0.05) is 48.5 Å². The second kappa shape index (κ2) is 8.56. The normalized spacial score (nSPS) is 18.6. The lowest BCUT2D eigenvalue weighted by molar-refractivity contribution is 0.0403. The summed E-state index contributed by atoms with van der Waals surface area (Å²) >= 11 is 0. The third-order valence-corrected chi connectivity index (χ3v) is 5.55. The Morgan fingerprint density at radius 3 is 2.10 bits per heavy atom. The molecule has 5 rings (SSSR count). The van der Waals surface area contributed by atoms with Gasteiger partial charge in [-0.3, -0.25) is 5.11 Å². The first kappa shape index (κ1) is 19.2. The van der Waals surface area contributed by atoms with Crippen molar-refractivity contribution in [2.75, 3.05) is 18.0 Å². The molecule has 0 aliphatic carbocycles. The van der Waals surface area contributed by atoms with Gasteiger partial charge >= 0.3 is 0 Å². The quantitative estimate of drug-likeness (QED) is 0.436. The highest BCUT2D eigenvalue weighted by Gasteiger charge is 2.33. The lowest BCUT2D eigenvalue weighted by Crippen LogP contribution is -2.52. The molecule has 0 amide bonds. The van der Waals surface area contributed by atoms with Crippen LogP contribution in [0.3, 0.4) is 0 Å². The van der Waals surface area contributed by atoms with Gasteiger partial charge in [-0.15, -0.1) is 0 Å². The maximum Gasteiger partial charge on any atom is 0.191 e. The number of rotatable bonds is 5. The number of fused-ring (bicyclic) bond motifs is 1. The van der Waals surface area contributed by atoms with Crippen LogP contribution in [0.15, 0.2) is 91.0 Å². The van der Waals surface area contributed by atoms with Gasteiger partial charge in [0.25, 0.3) is 0 Å². The SMILES string of the molecule is [O]c1cc(N2CCC(Oc3ccccc3)C(Oc3ccccc3)C2)nc2ccccc12. The molecule has 31 heavy (non-hydrogen) atoms. The minimum atomic E-state index is -0.209. The van der Waals surface area contributed by atoms with E-state index < -0.39 is 0 Å². The Balaban J connectivity index is 1.41. The van der Waals surface area contributed by atoms with E-state index in [1.807, 2.05) is 84.9 Å². The molecule has 155 valence electrons. The van der Waals surface area contributed by atoms with Crippen LogP contribution in [0.1, 0.15) is 6.42 Å². The Bertz CT molecular complexity index is 1150. The van der Waals surface area contributed by atoms with E-state index in [9.17, 15) is 5.11 Å². The standard InChI is InChI=1S/C26H23N2O3/c29-23-17-26(27-22-14-8-7-13-21(22)23)28-16-15-24(30-19-9-3-1-4-10-19)25(18-28)31-20-11-5-2-6-12-20/h1-14,17,24-25H,15-16,18H2. The summed E-state index contributed by atoms with van der Waals surface area (Å²) in [6.07, 6.45) is 0.445. The van der Waals surface area contributed by atoms with E-state index in [2.05, 4.69) is 4.90 Å². The first-order valence-electron chi connectivity index (χ1n) is 10.5. The van der Waals surface area contributed by atoms with Crippen LogP contribution in [0.2, 0.25) is 0 Å². The van der Waals surface area contributed by atoms with E-state index in [4.69, 9.17) is 14.5 Å². The third-order valence-electron chi connectivity index (χ3n) is 5.55. The summed E-state index contributed by atoms with van der Waals surface area (Å²) in [5.74, 6) is 2.30. The molecule has 2 heterocycles. The summed E-state index contributed by atoms with van der Waals surface area (Å²) < 4.78 is 12.6. The fourth-order valence-electron chi connectivity index (χ4n) is 3.99. The van der Waals surface area contributed by atoms with Gasteiger partial charge in [0, 0.05) is 24.4 Å². The number of para-hydroxylation sites is 3. The van der Waals surface area contributed by atoms with Crippen molar-refractivity contribution in [1.82, 2.24) is 4.98 Å². The Labute approximate surface area is 181 Å². The maximum atomic E-state index is 12.6. The fraction of sp³-hybridized carbons (Fsp3) is 0.192. The summed E-state index contributed by atoms with van der Waals surface area (Å²) in [5, 5.41) is 13.2. The molecule has 5 heteroatoms. The number of benzene rings is 3. The van der Waals surface area contributed by atoms with Crippen molar-refractivity contribution in [2.45, 2.75) is 18.6 Å². The summed E-state index contributed by atoms with van der Waals surface area (Å²) in [6.45, 7) is 1.31. The highest BCUT2D eigenvalue weighted by atomic mass is 16.5. The molecule has 2 unspecified atom stereocenters. The lowest BCUT2D eigenvalue weighted by atomic mass is 10.0. The van der Waals surface area contributed by atoms with E-state index in [-0.39, 0.29) is 18.0 Å². The number of pyridine rings is 1. The number of anilines is 1. The highest BCUT2D eigenvalue weighted by molar-refractivity contribution is 5.86. The molecule has 1 aliphatic rings. The minimum Gasteiger partial charge on any atom is -0.486 e. The molecule has 0 saturated carbocycles. The van der Waals surface area contributed by atoms with Crippen LogP contribution in [0.5, 0.6) is 17.2 Å². The number of piperidine rings is 1. The summed E-state index contributed by atoms with van der Waals surface area (Å²) in [4.78, 5) is 6.86. The molecule has 1 aromatic heterocycles. The average molecular weight is 411 g/mol. The van der Waals surface area contributed by atoms with Crippen LogP contribution in [-0.2, 0) is 5.11 Å². The molecule has 1 fully saturated rings. The average Bonchev–Trinajstić information content (AvgIpc) is 2.81. The molecule has 1 radical (unpaired) electrons. The molecule has 5 nitrogen and oxygen atoms in total. The predicted molar refractivity (Wildman–Crippen MR) is 120 cm³/mol. The molecule has 1 saturated heterocycles. The molecular formula is C26H23N2O3. The molecule has 3 aromatic carbocycles. The topological polar surface area (TPSA) is 54.5 Å². The number of nitrogens with zero attached hydrogens (tertiary/aromatic N) is 2.